The van der Waals surface area contributed by atoms with E-state index >= 15 is 0 Å². The fraction of sp³-hybridized carbons (Fsp3) is 0.517. The van der Waals surface area contributed by atoms with Crippen LogP contribution in [-0.4, -0.2) is 34.7 Å². The molecular weight excluding hydrogens is 426 g/mol. The molecule has 0 aromatic heterocycles. The van der Waals surface area contributed by atoms with Crippen molar-refractivity contribution in [3.63, 3.8) is 0 Å². The van der Waals surface area contributed by atoms with Gasteiger partial charge in [0.1, 0.15) is 0 Å². The van der Waals surface area contributed by atoms with E-state index in [1.54, 1.807) is 0 Å². The Morgan fingerprint density at radius 1 is 1.09 bits per heavy atom. The van der Waals surface area contributed by atoms with E-state index in [0.717, 1.165) is 48.8 Å². The molecule has 5 nitrogen and oxygen atoms in total. The molecule has 2 N–H and O–H groups in total. The summed E-state index contributed by atoms with van der Waals surface area (Å²) in [6, 6.07) is 9.79. The largest absolute Gasteiger partial charge is 0.444 e. The Kier molecular flexibility index (Phi) is 7.42. The van der Waals surface area contributed by atoms with E-state index in [2.05, 4.69) is 18.3 Å². The molecule has 34 heavy (non-hydrogen) atoms. The molecular formula is C29H37NO4. The Morgan fingerprint density at radius 2 is 1.85 bits per heavy atom. The summed E-state index contributed by atoms with van der Waals surface area (Å²) >= 11 is 0. The standard InChI is InChI=1S/C29H37NO4/c1-19-12-7-4-5-10-17-25(31)34-29-23(16-11-13-19)27(32)21(3)20(2)26(29)24(30-28(29)33)18-22-14-8-6-9-15-22/h6,8-11,14-17,19,23-24,26-27,32H,4-5,7,12-13,18H2,1-3H3,(H,30,33)/t19-,23+,24+,26-,27+,29-/m0/s1. The van der Waals surface area contributed by atoms with Gasteiger partial charge in [-0.25, -0.2) is 4.79 Å². The van der Waals surface area contributed by atoms with Gasteiger partial charge in [-0.1, -0.05) is 73.9 Å². The first-order valence-electron chi connectivity index (χ1n) is 12.6. The molecule has 0 saturated carbocycles. The number of rotatable bonds is 2. The second kappa shape index (κ2) is 10.3. The van der Waals surface area contributed by atoms with Crippen LogP contribution in [0, 0.1) is 17.8 Å². The van der Waals surface area contributed by atoms with Gasteiger partial charge >= 0.3 is 5.97 Å². The Balaban J connectivity index is 1.79. The lowest BCUT2D eigenvalue weighted by Crippen LogP contribution is -2.59. The monoisotopic (exact) mass is 463 g/mol. The third-order valence-electron chi connectivity index (χ3n) is 7.92. The zero-order chi connectivity index (χ0) is 24.3. The number of hydrogen-bond donors (Lipinski definition) is 2. The van der Waals surface area contributed by atoms with Crippen LogP contribution in [0.25, 0.3) is 0 Å². The van der Waals surface area contributed by atoms with Gasteiger partial charge in [0.05, 0.1) is 17.9 Å². The molecule has 1 amide bonds. The van der Waals surface area contributed by atoms with Crippen LogP contribution >= 0.6 is 0 Å². The molecule has 5 heteroatoms. The summed E-state index contributed by atoms with van der Waals surface area (Å²) in [5.41, 5.74) is 1.40. The molecule has 1 aliphatic carbocycles. The zero-order valence-electron chi connectivity index (χ0n) is 20.5. The Morgan fingerprint density at radius 3 is 2.62 bits per heavy atom. The van der Waals surface area contributed by atoms with Crippen molar-refractivity contribution < 1.29 is 19.4 Å². The lowest BCUT2D eigenvalue weighted by Gasteiger charge is -2.45. The van der Waals surface area contributed by atoms with Crippen molar-refractivity contribution in [3.8, 4) is 0 Å². The number of aliphatic hydroxyl groups excluding tert-OH is 1. The highest BCUT2D eigenvalue weighted by Gasteiger charge is 2.66. The van der Waals surface area contributed by atoms with Crippen molar-refractivity contribution in [1.82, 2.24) is 5.32 Å². The predicted octanol–water partition coefficient (Wildman–Crippen LogP) is 4.67. The van der Waals surface area contributed by atoms with Crippen LogP contribution in [0.15, 0.2) is 65.8 Å². The summed E-state index contributed by atoms with van der Waals surface area (Å²) in [5, 5.41) is 14.5. The lowest BCUT2D eigenvalue weighted by molar-refractivity contribution is -0.175. The highest BCUT2D eigenvalue weighted by atomic mass is 16.6. The number of benzene rings is 1. The molecule has 2 aliphatic heterocycles. The maximum Gasteiger partial charge on any atom is 0.331 e. The molecule has 3 aliphatic rings. The second-order valence-corrected chi connectivity index (χ2v) is 10.3. The predicted molar refractivity (Wildman–Crippen MR) is 133 cm³/mol. The minimum atomic E-state index is -1.48. The van der Waals surface area contributed by atoms with Gasteiger partial charge in [0.15, 0.2) is 0 Å². The summed E-state index contributed by atoms with van der Waals surface area (Å²) in [6.07, 6.45) is 11.9. The van der Waals surface area contributed by atoms with Crippen molar-refractivity contribution in [2.24, 2.45) is 17.8 Å². The molecule has 6 atom stereocenters. The Hall–Kier alpha value is -2.66. The molecule has 1 aromatic carbocycles. The molecule has 0 bridgehead atoms. The summed E-state index contributed by atoms with van der Waals surface area (Å²) in [7, 11) is 0. The first kappa shape index (κ1) is 24.5. The number of ether oxygens (including phenoxy) is 1. The first-order valence-corrected chi connectivity index (χ1v) is 12.6. The molecule has 1 saturated heterocycles. The normalized spacial score (nSPS) is 34.6. The number of carbonyl (C=O) groups is 2. The maximum atomic E-state index is 13.7. The van der Waals surface area contributed by atoms with E-state index in [1.807, 2.05) is 56.3 Å². The SMILES string of the molecule is CC1=C(C)[C@H]2[C@@H](Cc3ccccc3)NC(=O)[C@@]23OC(=O)C=CCCCC[C@H](C)CC=C[C@@H]3[C@@H]1O. The lowest BCUT2D eigenvalue weighted by atomic mass is 9.63. The average Bonchev–Trinajstić information content (AvgIpc) is 3.08. The van der Waals surface area contributed by atoms with Gasteiger partial charge in [-0.3, -0.25) is 4.79 Å². The van der Waals surface area contributed by atoms with E-state index in [0.29, 0.717) is 12.3 Å². The van der Waals surface area contributed by atoms with Gasteiger partial charge in [0, 0.05) is 12.1 Å². The number of allylic oxidation sites excluding steroid dienone is 2. The van der Waals surface area contributed by atoms with Crippen molar-refractivity contribution in [3.05, 3.63) is 71.3 Å². The quantitative estimate of drug-likeness (QED) is 0.494. The number of aliphatic hydroxyl groups is 1. The maximum absolute atomic E-state index is 13.7. The smallest absolute Gasteiger partial charge is 0.331 e. The second-order valence-electron chi connectivity index (χ2n) is 10.3. The topological polar surface area (TPSA) is 75.6 Å². The summed E-state index contributed by atoms with van der Waals surface area (Å²) in [5.74, 6) is -1.33. The van der Waals surface area contributed by atoms with Crippen LogP contribution in [-0.2, 0) is 20.7 Å². The van der Waals surface area contributed by atoms with Crippen LogP contribution in [0.3, 0.4) is 0 Å². The van der Waals surface area contributed by atoms with Crippen molar-refractivity contribution >= 4 is 11.9 Å². The fourth-order valence-electron chi connectivity index (χ4n) is 5.94. The van der Waals surface area contributed by atoms with Crippen LogP contribution in [0.4, 0.5) is 0 Å². The van der Waals surface area contributed by atoms with Crippen LogP contribution in [0.5, 0.6) is 0 Å². The number of hydrogen-bond acceptors (Lipinski definition) is 4. The number of esters is 1. The molecule has 1 fully saturated rings. The minimum Gasteiger partial charge on any atom is -0.444 e. The van der Waals surface area contributed by atoms with Gasteiger partial charge in [0.25, 0.3) is 5.91 Å². The Labute approximate surface area is 203 Å². The van der Waals surface area contributed by atoms with Gasteiger partial charge < -0.3 is 15.2 Å². The zero-order valence-corrected chi connectivity index (χ0v) is 20.5. The Bertz CT molecular complexity index is 995. The van der Waals surface area contributed by atoms with Crippen LogP contribution < -0.4 is 5.32 Å². The molecule has 182 valence electrons. The van der Waals surface area contributed by atoms with Gasteiger partial charge in [0.2, 0.25) is 5.60 Å². The van der Waals surface area contributed by atoms with E-state index in [1.165, 1.54) is 6.08 Å². The molecule has 0 radical (unpaired) electrons. The molecule has 2 heterocycles. The summed E-state index contributed by atoms with van der Waals surface area (Å²) in [6.45, 7) is 6.12. The highest BCUT2D eigenvalue weighted by molar-refractivity contribution is 5.94. The number of amides is 1. The third kappa shape index (κ3) is 4.63. The molecule has 4 rings (SSSR count). The van der Waals surface area contributed by atoms with Crippen LogP contribution in [0.1, 0.15) is 58.4 Å². The molecule has 0 unspecified atom stereocenters. The summed E-state index contributed by atoms with van der Waals surface area (Å²) in [4.78, 5) is 26.7. The first-order chi connectivity index (χ1) is 16.3. The average molecular weight is 464 g/mol. The molecule has 1 aromatic rings. The fourth-order valence-corrected chi connectivity index (χ4v) is 5.94. The summed E-state index contributed by atoms with van der Waals surface area (Å²) < 4.78 is 6.12. The van der Waals surface area contributed by atoms with Crippen LogP contribution in [0.2, 0.25) is 0 Å². The van der Waals surface area contributed by atoms with Crippen molar-refractivity contribution in [2.75, 3.05) is 0 Å². The van der Waals surface area contributed by atoms with E-state index in [4.69, 9.17) is 4.74 Å². The highest BCUT2D eigenvalue weighted by Crippen LogP contribution is 2.50. The third-order valence-corrected chi connectivity index (χ3v) is 7.92. The van der Waals surface area contributed by atoms with E-state index in [9.17, 15) is 14.7 Å². The van der Waals surface area contributed by atoms with Gasteiger partial charge in [-0.15, -0.1) is 0 Å². The number of carbonyl (C=O) groups excluding carboxylic acids is 2. The van der Waals surface area contributed by atoms with Gasteiger partial charge in [-0.05, 0) is 56.6 Å². The molecule has 1 spiro atoms. The number of nitrogens with one attached hydrogen (secondary N) is 1. The van der Waals surface area contributed by atoms with Gasteiger partial charge in [-0.2, -0.15) is 0 Å². The van der Waals surface area contributed by atoms with Crippen molar-refractivity contribution in [1.29, 1.82) is 0 Å². The van der Waals surface area contributed by atoms with Crippen molar-refractivity contribution in [2.45, 2.75) is 77.0 Å². The van der Waals surface area contributed by atoms with E-state index in [-0.39, 0.29) is 17.9 Å². The van der Waals surface area contributed by atoms with E-state index < -0.39 is 23.6 Å². The minimum absolute atomic E-state index is 0.233.